The molecular formula is C12H20N2O2S. The van der Waals surface area contributed by atoms with E-state index in [1.807, 2.05) is 13.8 Å². The van der Waals surface area contributed by atoms with Gasteiger partial charge < -0.3 is 10.2 Å². The predicted octanol–water partition coefficient (Wildman–Crippen LogP) is 0.935. The third-order valence-electron chi connectivity index (χ3n) is 3.38. The van der Waals surface area contributed by atoms with Crippen LogP contribution in [-0.4, -0.2) is 45.9 Å². The summed E-state index contributed by atoms with van der Waals surface area (Å²) in [5.41, 5.74) is 1.11. The molecule has 0 radical (unpaired) electrons. The molecule has 1 aromatic rings. The highest BCUT2D eigenvalue weighted by atomic mass is 32.1. The van der Waals surface area contributed by atoms with Gasteiger partial charge in [-0.2, -0.15) is 0 Å². The van der Waals surface area contributed by atoms with E-state index in [0.29, 0.717) is 0 Å². The predicted molar refractivity (Wildman–Crippen MR) is 68.1 cm³/mol. The maximum Gasteiger partial charge on any atom is 0.0900 e. The van der Waals surface area contributed by atoms with E-state index in [1.165, 1.54) is 4.88 Å². The molecule has 1 aliphatic rings. The second kappa shape index (κ2) is 5.44. The SMILES string of the molecule is Cc1nc(C)c(CN2CCC(O)C(CO)C2)s1. The molecule has 17 heavy (non-hydrogen) atoms. The Kier molecular flexibility index (Phi) is 4.14. The van der Waals surface area contributed by atoms with E-state index in [2.05, 4.69) is 9.88 Å². The van der Waals surface area contributed by atoms with Crippen molar-refractivity contribution in [1.82, 2.24) is 9.88 Å². The number of aliphatic hydroxyl groups is 2. The molecule has 0 spiro atoms. The summed E-state index contributed by atoms with van der Waals surface area (Å²) in [5, 5.41) is 20.0. The maximum absolute atomic E-state index is 9.72. The summed E-state index contributed by atoms with van der Waals surface area (Å²) in [7, 11) is 0. The van der Waals surface area contributed by atoms with Crippen LogP contribution in [0.25, 0.3) is 0 Å². The van der Waals surface area contributed by atoms with Gasteiger partial charge in [0.2, 0.25) is 0 Å². The fourth-order valence-electron chi connectivity index (χ4n) is 2.34. The summed E-state index contributed by atoms with van der Waals surface area (Å²) in [6.07, 6.45) is 0.405. The summed E-state index contributed by atoms with van der Waals surface area (Å²) in [6, 6.07) is 0. The molecule has 0 bridgehead atoms. The lowest BCUT2D eigenvalue weighted by atomic mass is 9.95. The highest BCUT2D eigenvalue weighted by Crippen LogP contribution is 2.23. The molecule has 1 saturated heterocycles. The third kappa shape index (κ3) is 3.04. The Morgan fingerprint density at radius 1 is 1.47 bits per heavy atom. The molecule has 4 nitrogen and oxygen atoms in total. The van der Waals surface area contributed by atoms with Crippen LogP contribution in [0.5, 0.6) is 0 Å². The second-order valence-electron chi connectivity index (χ2n) is 4.78. The number of aliphatic hydroxyl groups excluding tert-OH is 2. The maximum atomic E-state index is 9.72. The number of aromatic nitrogens is 1. The molecular weight excluding hydrogens is 236 g/mol. The van der Waals surface area contributed by atoms with Gasteiger partial charge in [0.1, 0.15) is 0 Å². The zero-order valence-corrected chi connectivity index (χ0v) is 11.2. The first-order chi connectivity index (χ1) is 8.10. The first-order valence-corrected chi connectivity index (χ1v) is 6.86. The molecule has 0 amide bonds. The van der Waals surface area contributed by atoms with Gasteiger partial charge in [0.25, 0.3) is 0 Å². The topological polar surface area (TPSA) is 56.6 Å². The van der Waals surface area contributed by atoms with Gasteiger partial charge in [-0.15, -0.1) is 11.3 Å². The molecule has 2 N–H and O–H groups in total. The van der Waals surface area contributed by atoms with Crippen molar-refractivity contribution in [3.05, 3.63) is 15.6 Å². The minimum atomic E-state index is -0.347. The highest BCUT2D eigenvalue weighted by molar-refractivity contribution is 7.11. The van der Waals surface area contributed by atoms with Crippen LogP contribution in [0.1, 0.15) is 22.0 Å². The van der Waals surface area contributed by atoms with Crippen LogP contribution in [0, 0.1) is 19.8 Å². The third-order valence-corrected chi connectivity index (χ3v) is 4.44. The number of nitrogens with zero attached hydrogens (tertiary/aromatic N) is 2. The smallest absolute Gasteiger partial charge is 0.0900 e. The molecule has 2 rings (SSSR count). The monoisotopic (exact) mass is 256 g/mol. The van der Waals surface area contributed by atoms with Gasteiger partial charge in [-0.05, 0) is 20.3 Å². The van der Waals surface area contributed by atoms with Gasteiger partial charge in [-0.25, -0.2) is 4.98 Å². The number of aryl methyl sites for hydroxylation is 2. The van der Waals surface area contributed by atoms with Crippen LogP contribution in [-0.2, 0) is 6.54 Å². The van der Waals surface area contributed by atoms with E-state index in [1.54, 1.807) is 11.3 Å². The molecule has 0 aliphatic carbocycles. The van der Waals surface area contributed by atoms with Crippen LogP contribution in [0.2, 0.25) is 0 Å². The standard InChI is InChI=1S/C12H20N2O2S/c1-8-12(17-9(2)13-8)6-14-4-3-11(16)10(5-14)7-15/h10-11,15-16H,3-7H2,1-2H3. The summed E-state index contributed by atoms with van der Waals surface area (Å²) in [4.78, 5) is 8.02. The van der Waals surface area contributed by atoms with Gasteiger partial charge >= 0.3 is 0 Å². The van der Waals surface area contributed by atoms with Crippen molar-refractivity contribution >= 4 is 11.3 Å². The zero-order valence-electron chi connectivity index (χ0n) is 10.4. The Labute approximate surface area is 106 Å². The van der Waals surface area contributed by atoms with E-state index in [-0.39, 0.29) is 18.6 Å². The van der Waals surface area contributed by atoms with Gasteiger partial charge in [0, 0.05) is 37.0 Å². The molecule has 1 fully saturated rings. The first-order valence-electron chi connectivity index (χ1n) is 6.04. The summed E-state index contributed by atoms with van der Waals surface area (Å²) in [6.45, 7) is 6.69. The van der Waals surface area contributed by atoms with E-state index in [9.17, 15) is 10.2 Å². The van der Waals surface area contributed by atoms with E-state index >= 15 is 0 Å². The molecule has 2 unspecified atom stereocenters. The van der Waals surface area contributed by atoms with Crippen molar-refractivity contribution in [2.24, 2.45) is 5.92 Å². The molecule has 2 atom stereocenters. The lowest BCUT2D eigenvalue weighted by molar-refractivity contribution is -0.00177. The van der Waals surface area contributed by atoms with E-state index in [0.717, 1.165) is 36.8 Å². The van der Waals surface area contributed by atoms with Crippen molar-refractivity contribution in [2.75, 3.05) is 19.7 Å². The number of rotatable bonds is 3. The van der Waals surface area contributed by atoms with E-state index in [4.69, 9.17) is 0 Å². The van der Waals surface area contributed by atoms with Crippen molar-refractivity contribution in [2.45, 2.75) is 32.9 Å². The minimum absolute atomic E-state index is 0.00178. The molecule has 96 valence electrons. The van der Waals surface area contributed by atoms with Crippen molar-refractivity contribution in [3.63, 3.8) is 0 Å². The summed E-state index contributed by atoms with van der Waals surface area (Å²) < 4.78 is 0. The van der Waals surface area contributed by atoms with Crippen molar-refractivity contribution in [1.29, 1.82) is 0 Å². The number of hydrogen-bond donors (Lipinski definition) is 2. The molecule has 0 saturated carbocycles. The Balaban J connectivity index is 1.98. The van der Waals surface area contributed by atoms with Gasteiger partial charge in [-0.1, -0.05) is 0 Å². The average Bonchev–Trinajstić information content (AvgIpc) is 2.60. The quantitative estimate of drug-likeness (QED) is 0.845. The zero-order chi connectivity index (χ0) is 12.4. The van der Waals surface area contributed by atoms with Gasteiger partial charge in [0.15, 0.2) is 0 Å². The molecule has 2 heterocycles. The molecule has 0 aromatic carbocycles. The van der Waals surface area contributed by atoms with E-state index < -0.39 is 0 Å². The lowest BCUT2D eigenvalue weighted by Crippen LogP contribution is -2.44. The molecule has 1 aromatic heterocycles. The second-order valence-corrected chi connectivity index (χ2v) is 6.06. The number of thiazole rings is 1. The first kappa shape index (κ1) is 13.0. The Morgan fingerprint density at radius 2 is 2.24 bits per heavy atom. The Bertz CT molecular complexity index is 381. The molecule has 5 heteroatoms. The molecule has 1 aliphatic heterocycles. The fourth-order valence-corrected chi connectivity index (χ4v) is 3.32. The summed E-state index contributed by atoms with van der Waals surface area (Å²) in [5.74, 6) is -0.00178. The largest absolute Gasteiger partial charge is 0.396 e. The van der Waals surface area contributed by atoms with Crippen LogP contribution < -0.4 is 0 Å². The highest BCUT2D eigenvalue weighted by Gasteiger charge is 2.27. The average molecular weight is 256 g/mol. The lowest BCUT2D eigenvalue weighted by Gasteiger charge is -2.35. The van der Waals surface area contributed by atoms with Crippen LogP contribution in [0.15, 0.2) is 0 Å². The minimum Gasteiger partial charge on any atom is -0.396 e. The van der Waals surface area contributed by atoms with Crippen LogP contribution >= 0.6 is 11.3 Å². The van der Waals surface area contributed by atoms with Crippen molar-refractivity contribution in [3.8, 4) is 0 Å². The van der Waals surface area contributed by atoms with Gasteiger partial charge in [-0.3, -0.25) is 4.90 Å². The van der Waals surface area contributed by atoms with Crippen molar-refractivity contribution < 1.29 is 10.2 Å². The fraction of sp³-hybridized carbons (Fsp3) is 0.750. The van der Waals surface area contributed by atoms with Crippen LogP contribution in [0.3, 0.4) is 0 Å². The summed E-state index contributed by atoms with van der Waals surface area (Å²) >= 11 is 1.74. The van der Waals surface area contributed by atoms with Crippen LogP contribution in [0.4, 0.5) is 0 Å². The Morgan fingerprint density at radius 3 is 2.82 bits per heavy atom. The number of likely N-dealkylation sites (tertiary alicyclic amines) is 1. The number of piperidine rings is 1. The Hall–Kier alpha value is -0.490. The normalized spacial score (nSPS) is 26.4. The van der Waals surface area contributed by atoms with Gasteiger partial charge in [0.05, 0.1) is 16.8 Å². The number of hydrogen-bond acceptors (Lipinski definition) is 5.